The first-order chi connectivity index (χ1) is 16.8. The first-order valence-corrected chi connectivity index (χ1v) is 10.9. The first kappa shape index (κ1) is 30.5. The fraction of sp³-hybridized carbons (Fsp3) is 0.545. The predicted octanol–water partition coefficient (Wildman–Crippen LogP) is 1.67. The number of amides is 1. The molecule has 0 radical (unpaired) electrons. The summed E-state index contributed by atoms with van der Waals surface area (Å²) < 4.78 is 42.1. The number of rotatable bonds is 11. The highest BCUT2D eigenvalue weighted by Gasteiger charge is 2.38. The van der Waals surface area contributed by atoms with Crippen LogP contribution < -0.4 is 20.5 Å². The SMILES string of the molecule is NCC1CCC(C(=O)NCCc2ccc(OCC(=O)O)c(OCC(=O)O)c2)CC1.O=C(O)C(F)(F)F. The average molecular weight is 522 g/mol. The molecule has 0 saturated heterocycles. The molecule has 0 heterocycles. The number of carboxylic acid groups (broad SMARTS) is 3. The van der Waals surface area contributed by atoms with E-state index in [-0.39, 0.29) is 23.3 Å². The molecule has 202 valence electrons. The van der Waals surface area contributed by atoms with Crippen LogP contribution in [0.4, 0.5) is 13.2 Å². The second kappa shape index (κ2) is 14.8. The Morgan fingerprint density at radius 1 is 0.944 bits per heavy atom. The minimum atomic E-state index is -5.08. The normalized spacial score (nSPS) is 17.2. The van der Waals surface area contributed by atoms with E-state index in [1.807, 2.05) is 0 Å². The van der Waals surface area contributed by atoms with E-state index in [4.69, 9.17) is 35.3 Å². The third-order valence-corrected chi connectivity index (χ3v) is 5.22. The number of ether oxygens (including phenoxy) is 2. The minimum absolute atomic E-state index is 0.0269. The van der Waals surface area contributed by atoms with Gasteiger partial charge in [0.05, 0.1) is 0 Å². The monoisotopic (exact) mass is 522 g/mol. The van der Waals surface area contributed by atoms with Crippen molar-refractivity contribution < 1.29 is 57.1 Å². The number of halogens is 3. The lowest BCUT2D eigenvalue weighted by Gasteiger charge is -2.26. The molecule has 0 aromatic heterocycles. The second-order valence-electron chi connectivity index (χ2n) is 7.94. The summed E-state index contributed by atoms with van der Waals surface area (Å²) in [4.78, 5) is 42.7. The molecule has 11 nitrogen and oxygen atoms in total. The van der Waals surface area contributed by atoms with Gasteiger partial charge in [0.25, 0.3) is 0 Å². The van der Waals surface area contributed by atoms with Crippen molar-refractivity contribution in [2.24, 2.45) is 17.6 Å². The quantitative estimate of drug-likeness (QED) is 0.286. The number of benzene rings is 1. The Hall–Kier alpha value is -3.55. The lowest BCUT2D eigenvalue weighted by atomic mass is 9.81. The molecule has 1 aromatic rings. The highest BCUT2D eigenvalue weighted by molar-refractivity contribution is 5.78. The van der Waals surface area contributed by atoms with Gasteiger partial charge in [0.2, 0.25) is 5.91 Å². The Bertz CT molecular complexity index is 901. The molecule has 36 heavy (non-hydrogen) atoms. The summed E-state index contributed by atoms with van der Waals surface area (Å²) in [5.41, 5.74) is 6.49. The molecule has 6 N–H and O–H groups in total. The van der Waals surface area contributed by atoms with Gasteiger partial charge in [-0.2, -0.15) is 13.2 Å². The molecule has 2 rings (SSSR count). The Balaban J connectivity index is 0.000000809. The summed E-state index contributed by atoms with van der Waals surface area (Å²) in [6, 6.07) is 4.85. The van der Waals surface area contributed by atoms with Gasteiger partial charge in [-0.05, 0) is 62.3 Å². The molecule has 0 aliphatic heterocycles. The third kappa shape index (κ3) is 11.7. The van der Waals surface area contributed by atoms with E-state index < -0.39 is 37.3 Å². The maximum atomic E-state index is 12.3. The molecule has 0 unspecified atom stereocenters. The average Bonchev–Trinajstić information content (AvgIpc) is 2.81. The molecular weight excluding hydrogens is 493 g/mol. The highest BCUT2D eigenvalue weighted by Crippen LogP contribution is 2.29. The van der Waals surface area contributed by atoms with Crippen molar-refractivity contribution in [1.29, 1.82) is 0 Å². The molecule has 14 heteroatoms. The van der Waals surface area contributed by atoms with Gasteiger partial charge in [0, 0.05) is 12.5 Å². The van der Waals surface area contributed by atoms with Gasteiger partial charge in [-0.25, -0.2) is 14.4 Å². The number of alkyl halides is 3. The lowest BCUT2D eigenvalue weighted by Crippen LogP contribution is -2.35. The topological polar surface area (TPSA) is 185 Å². The van der Waals surface area contributed by atoms with Crippen LogP contribution in [0.5, 0.6) is 11.5 Å². The summed E-state index contributed by atoms with van der Waals surface area (Å²) >= 11 is 0. The molecule has 1 aliphatic rings. The van der Waals surface area contributed by atoms with Crippen LogP contribution in [0.1, 0.15) is 31.2 Å². The zero-order chi connectivity index (χ0) is 27.3. The standard InChI is InChI=1S/C20H28N2O7.C2HF3O2/c21-10-14-1-4-15(5-2-14)20(27)22-8-7-13-3-6-16(28-11-18(23)24)17(9-13)29-12-19(25)26;3-2(4,5)1(6)7/h3,6,9,14-15H,1-2,4-5,7-8,10-12,21H2,(H,22,27)(H,23,24)(H,25,26);(H,6,7). The third-order valence-electron chi connectivity index (χ3n) is 5.22. The van der Waals surface area contributed by atoms with Crippen molar-refractivity contribution in [3.63, 3.8) is 0 Å². The van der Waals surface area contributed by atoms with Crippen LogP contribution in [0.15, 0.2) is 18.2 Å². The zero-order valence-corrected chi connectivity index (χ0v) is 19.3. The van der Waals surface area contributed by atoms with Crippen LogP contribution in [-0.2, 0) is 25.6 Å². The van der Waals surface area contributed by atoms with E-state index in [9.17, 15) is 27.6 Å². The number of carboxylic acids is 3. The summed E-state index contributed by atoms with van der Waals surface area (Å²) in [5, 5.41) is 27.6. The molecule has 0 atom stereocenters. The van der Waals surface area contributed by atoms with Crippen LogP contribution in [0, 0.1) is 11.8 Å². The first-order valence-electron chi connectivity index (χ1n) is 10.9. The van der Waals surface area contributed by atoms with Crippen LogP contribution in [0.3, 0.4) is 0 Å². The van der Waals surface area contributed by atoms with Crippen molar-refractivity contribution >= 4 is 23.8 Å². The van der Waals surface area contributed by atoms with E-state index >= 15 is 0 Å². The van der Waals surface area contributed by atoms with Gasteiger partial charge in [-0.15, -0.1) is 0 Å². The van der Waals surface area contributed by atoms with Crippen molar-refractivity contribution in [2.45, 2.75) is 38.3 Å². The number of nitrogens with one attached hydrogen (secondary N) is 1. The largest absolute Gasteiger partial charge is 0.490 e. The second-order valence-corrected chi connectivity index (χ2v) is 7.94. The molecule has 1 amide bonds. The number of aliphatic carboxylic acids is 3. The van der Waals surface area contributed by atoms with Gasteiger partial charge < -0.3 is 35.8 Å². The van der Waals surface area contributed by atoms with Crippen molar-refractivity contribution in [3.05, 3.63) is 23.8 Å². The molecule has 0 spiro atoms. The smallest absolute Gasteiger partial charge is 0.479 e. The van der Waals surface area contributed by atoms with E-state index in [0.29, 0.717) is 25.4 Å². The summed E-state index contributed by atoms with van der Waals surface area (Å²) in [5.74, 6) is -4.17. The number of carbonyl (C=O) groups excluding carboxylic acids is 1. The Kier molecular flexibility index (Phi) is 12.5. The number of hydrogen-bond acceptors (Lipinski definition) is 7. The molecule has 1 aromatic carbocycles. The van der Waals surface area contributed by atoms with E-state index in [0.717, 1.165) is 31.2 Å². The number of nitrogens with two attached hydrogens (primary N) is 1. The zero-order valence-electron chi connectivity index (χ0n) is 19.3. The van der Waals surface area contributed by atoms with E-state index in [2.05, 4.69) is 5.32 Å². The Morgan fingerprint density at radius 2 is 1.47 bits per heavy atom. The van der Waals surface area contributed by atoms with Crippen molar-refractivity contribution in [3.8, 4) is 11.5 Å². The van der Waals surface area contributed by atoms with Gasteiger partial charge in [-0.1, -0.05) is 6.07 Å². The predicted molar refractivity (Wildman–Crippen MR) is 118 cm³/mol. The van der Waals surface area contributed by atoms with Crippen LogP contribution in [0.25, 0.3) is 0 Å². The maximum Gasteiger partial charge on any atom is 0.490 e. The summed E-state index contributed by atoms with van der Waals surface area (Å²) in [6.45, 7) is -0.0313. The summed E-state index contributed by atoms with van der Waals surface area (Å²) in [7, 11) is 0. The van der Waals surface area contributed by atoms with Crippen molar-refractivity contribution in [2.75, 3.05) is 26.3 Å². The van der Waals surface area contributed by atoms with Crippen LogP contribution in [-0.4, -0.2) is 71.6 Å². The molecule has 1 saturated carbocycles. The molecule has 0 bridgehead atoms. The van der Waals surface area contributed by atoms with Crippen molar-refractivity contribution in [1.82, 2.24) is 5.32 Å². The van der Waals surface area contributed by atoms with Gasteiger partial charge in [-0.3, -0.25) is 4.79 Å². The maximum absolute atomic E-state index is 12.3. The highest BCUT2D eigenvalue weighted by atomic mass is 19.4. The number of hydrogen-bond donors (Lipinski definition) is 5. The van der Waals surface area contributed by atoms with Gasteiger partial charge in [0.15, 0.2) is 24.7 Å². The Morgan fingerprint density at radius 3 is 1.94 bits per heavy atom. The van der Waals surface area contributed by atoms with E-state index in [1.165, 1.54) is 6.07 Å². The molecule has 1 aliphatic carbocycles. The Labute approximate surface area is 204 Å². The fourth-order valence-electron chi connectivity index (χ4n) is 3.35. The minimum Gasteiger partial charge on any atom is -0.479 e. The van der Waals surface area contributed by atoms with Gasteiger partial charge in [0.1, 0.15) is 0 Å². The van der Waals surface area contributed by atoms with Gasteiger partial charge >= 0.3 is 24.1 Å². The molecule has 1 fully saturated rings. The van der Waals surface area contributed by atoms with Crippen LogP contribution >= 0.6 is 0 Å². The van der Waals surface area contributed by atoms with Crippen LogP contribution in [0.2, 0.25) is 0 Å². The lowest BCUT2D eigenvalue weighted by molar-refractivity contribution is -0.192. The molecular formula is C22H29F3N2O9. The fourth-order valence-corrected chi connectivity index (χ4v) is 3.35. The van der Waals surface area contributed by atoms with E-state index in [1.54, 1.807) is 12.1 Å². The summed E-state index contributed by atoms with van der Waals surface area (Å²) in [6.07, 6.45) is -0.882. The number of carbonyl (C=O) groups is 4.